The molecule has 0 atom stereocenters. The van der Waals surface area contributed by atoms with Gasteiger partial charge in [0.05, 0.1) is 11.3 Å². The third-order valence-corrected chi connectivity index (χ3v) is 2.67. The number of aryl methyl sites for hydroxylation is 1. The summed E-state index contributed by atoms with van der Waals surface area (Å²) in [4.78, 5) is 15.0. The summed E-state index contributed by atoms with van der Waals surface area (Å²) in [6, 6.07) is 3.01. The largest absolute Gasteiger partial charge is 0.418 e. The smallest absolute Gasteiger partial charge is 0.366 e. The van der Waals surface area contributed by atoms with E-state index in [1.54, 1.807) is 6.92 Å². The molecular weight excluding hydrogens is 259 g/mol. The van der Waals surface area contributed by atoms with Crippen molar-refractivity contribution < 1.29 is 18.0 Å². The van der Waals surface area contributed by atoms with E-state index in [9.17, 15) is 18.0 Å². The first-order valence-corrected chi connectivity index (χ1v) is 5.32. The van der Waals surface area contributed by atoms with E-state index in [1.165, 1.54) is 17.0 Å². The summed E-state index contributed by atoms with van der Waals surface area (Å²) >= 11 is 0. The molecule has 2 N–H and O–H groups in total. The Morgan fingerprint density at radius 1 is 1.37 bits per heavy atom. The Morgan fingerprint density at radius 3 is 2.53 bits per heavy atom. The molecule has 0 radical (unpaired) electrons. The number of primary amides is 1. The third kappa shape index (κ3) is 2.44. The van der Waals surface area contributed by atoms with E-state index in [2.05, 4.69) is 4.98 Å². The van der Waals surface area contributed by atoms with Crippen LogP contribution in [0.15, 0.2) is 30.6 Å². The van der Waals surface area contributed by atoms with Crippen LogP contribution in [-0.4, -0.2) is 15.5 Å². The van der Waals surface area contributed by atoms with Crippen LogP contribution in [0.4, 0.5) is 13.2 Å². The average Bonchev–Trinajstić information content (AvgIpc) is 2.73. The molecule has 0 bridgehead atoms. The zero-order valence-electron chi connectivity index (χ0n) is 9.90. The van der Waals surface area contributed by atoms with Gasteiger partial charge in [-0.3, -0.25) is 4.79 Å². The van der Waals surface area contributed by atoms with Crippen molar-refractivity contribution in [2.75, 3.05) is 0 Å². The number of amides is 1. The van der Waals surface area contributed by atoms with Crippen molar-refractivity contribution in [3.8, 4) is 5.69 Å². The van der Waals surface area contributed by atoms with Crippen molar-refractivity contribution in [1.29, 1.82) is 0 Å². The number of alkyl halides is 3. The Morgan fingerprint density at radius 2 is 2.05 bits per heavy atom. The number of nitrogens with two attached hydrogens (primary N) is 1. The van der Waals surface area contributed by atoms with Gasteiger partial charge >= 0.3 is 6.18 Å². The van der Waals surface area contributed by atoms with Gasteiger partial charge < -0.3 is 10.3 Å². The van der Waals surface area contributed by atoms with Crippen molar-refractivity contribution in [3.63, 3.8) is 0 Å². The average molecular weight is 269 g/mol. The molecule has 0 fully saturated rings. The number of halogens is 3. The second-order valence-electron chi connectivity index (χ2n) is 3.94. The minimum absolute atomic E-state index is 0.0103. The van der Waals surface area contributed by atoms with E-state index in [-0.39, 0.29) is 11.3 Å². The molecule has 19 heavy (non-hydrogen) atoms. The number of carbonyl (C=O) groups excluding carboxylic acids is 1. The highest BCUT2D eigenvalue weighted by atomic mass is 19.4. The number of imidazole rings is 1. The molecular formula is C12H10F3N3O. The molecule has 0 saturated carbocycles. The first-order chi connectivity index (χ1) is 8.80. The Balaban J connectivity index is 2.71. The second-order valence-corrected chi connectivity index (χ2v) is 3.94. The van der Waals surface area contributed by atoms with E-state index in [1.807, 2.05) is 0 Å². The first kappa shape index (κ1) is 13.1. The molecule has 100 valence electrons. The second kappa shape index (κ2) is 4.42. The number of hydrogen-bond acceptors (Lipinski definition) is 2. The van der Waals surface area contributed by atoms with Gasteiger partial charge in [0.1, 0.15) is 5.82 Å². The van der Waals surface area contributed by atoms with Crippen LogP contribution in [0.2, 0.25) is 0 Å². The standard InChI is InChI=1S/C12H10F3N3O/c1-7-17-4-5-18(7)10-6-8(11(16)19)2-3-9(10)12(13,14)15/h2-6H,1H3,(H2,16,19). The molecule has 0 unspecified atom stereocenters. The molecule has 1 amide bonds. The molecule has 2 aromatic rings. The summed E-state index contributed by atoms with van der Waals surface area (Å²) in [5, 5.41) is 0. The molecule has 0 aliphatic rings. The van der Waals surface area contributed by atoms with E-state index in [0.717, 1.165) is 18.2 Å². The fourth-order valence-corrected chi connectivity index (χ4v) is 1.76. The van der Waals surface area contributed by atoms with Crippen LogP contribution in [-0.2, 0) is 6.18 Å². The lowest BCUT2D eigenvalue weighted by molar-refractivity contribution is -0.137. The molecule has 0 aliphatic heterocycles. The Kier molecular flexibility index (Phi) is 3.05. The zero-order chi connectivity index (χ0) is 14.2. The minimum atomic E-state index is -4.53. The SMILES string of the molecule is Cc1nccn1-c1cc(C(N)=O)ccc1C(F)(F)F. The van der Waals surface area contributed by atoms with Gasteiger partial charge in [-0.25, -0.2) is 4.98 Å². The molecule has 1 aromatic carbocycles. The maximum atomic E-state index is 13.0. The van der Waals surface area contributed by atoms with Crippen molar-refractivity contribution >= 4 is 5.91 Å². The van der Waals surface area contributed by atoms with Gasteiger partial charge in [-0.1, -0.05) is 0 Å². The number of rotatable bonds is 2. The predicted molar refractivity (Wildman–Crippen MR) is 61.8 cm³/mol. The number of aromatic nitrogens is 2. The van der Waals surface area contributed by atoms with Crippen molar-refractivity contribution in [2.24, 2.45) is 5.73 Å². The first-order valence-electron chi connectivity index (χ1n) is 5.32. The van der Waals surface area contributed by atoms with E-state index in [4.69, 9.17) is 5.73 Å². The summed E-state index contributed by atoms with van der Waals surface area (Å²) in [5.41, 5.74) is 4.08. The highest BCUT2D eigenvalue weighted by Crippen LogP contribution is 2.34. The van der Waals surface area contributed by atoms with Crippen LogP contribution in [0.1, 0.15) is 21.7 Å². The van der Waals surface area contributed by atoms with Crippen LogP contribution < -0.4 is 5.73 Å². The monoisotopic (exact) mass is 269 g/mol. The Bertz CT molecular complexity index is 631. The Labute approximate surface area is 106 Å². The predicted octanol–water partition coefficient (Wildman–Crippen LogP) is 2.30. The van der Waals surface area contributed by atoms with Crippen molar-refractivity contribution in [2.45, 2.75) is 13.1 Å². The topological polar surface area (TPSA) is 60.9 Å². The van der Waals surface area contributed by atoms with Gasteiger partial charge in [-0.2, -0.15) is 13.2 Å². The van der Waals surface area contributed by atoms with Gasteiger partial charge in [-0.15, -0.1) is 0 Å². The van der Waals surface area contributed by atoms with E-state index < -0.39 is 17.6 Å². The maximum Gasteiger partial charge on any atom is 0.418 e. The van der Waals surface area contributed by atoms with Gasteiger partial charge in [0.15, 0.2) is 0 Å². The highest BCUT2D eigenvalue weighted by Gasteiger charge is 2.34. The van der Waals surface area contributed by atoms with Crippen LogP contribution in [0, 0.1) is 6.92 Å². The highest BCUT2D eigenvalue weighted by molar-refractivity contribution is 5.93. The molecule has 4 nitrogen and oxygen atoms in total. The van der Waals surface area contributed by atoms with E-state index in [0.29, 0.717) is 5.82 Å². The lowest BCUT2D eigenvalue weighted by atomic mass is 10.1. The Hall–Kier alpha value is -2.31. The summed E-state index contributed by atoms with van der Waals surface area (Å²) in [5.74, 6) is -0.403. The summed E-state index contributed by atoms with van der Waals surface area (Å²) in [7, 11) is 0. The number of nitrogens with zero attached hydrogens (tertiary/aromatic N) is 2. The normalized spacial score (nSPS) is 11.6. The quantitative estimate of drug-likeness (QED) is 0.909. The summed E-state index contributed by atoms with van der Waals surface area (Å²) in [6.07, 6.45) is -1.75. The summed E-state index contributed by atoms with van der Waals surface area (Å²) in [6.45, 7) is 1.57. The number of carbonyl (C=O) groups is 1. The van der Waals surface area contributed by atoms with Crippen LogP contribution in [0.25, 0.3) is 5.69 Å². The van der Waals surface area contributed by atoms with Crippen LogP contribution >= 0.6 is 0 Å². The molecule has 7 heteroatoms. The molecule has 1 aromatic heterocycles. The van der Waals surface area contributed by atoms with Gasteiger partial charge in [0.25, 0.3) is 0 Å². The molecule has 1 heterocycles. The zero-order valence-corrected chi connectivity index (χ0v) is 9.90. The van der Waals surface area contributed by atoms with Crippen molar-refractivity contribution in [1.82, 2.24) is 9.55 Å². The van der Waals surface area contributed by atoms with Gasteiger partial charge in [0.2, 0.25) is 5.91 Å². The molecule has 0 aliphatic carbocycles. The van der Waals surface area contributed by atoms with Crippen LogP contribution in [0.3, 0.4) is 0 Å². The maximum absolute atomic E-state index is 13.0. The van der Waals surface area contributed by atoms with E-state index >= 15 is 0 Å². The molecule has 0 saturated heterocycles. The lowest BCUT2D eigenvalue weighted by Crippen LogP contribution is -2.15. The number of hydrogen-bond donors (Lipinski definition) is 1. The van der Waals surface area contributed by atoms with Gasteiger partial charge in [0, 0.05) is 18.0 Å². The minimum Gasteiger partial charge on any atom is -0.366 e. The fraction of sp³-hybridized carbons (Fsp3) is 0.167. The fourth-order valence-electron chi connectivity index (χ4n) is 1.76. The number of benzene rings is 1. The third-order valence-electron chi connectivity index (χ3n) is 2.67. The van der Waals surface area contributed by atoms with Crippen molar-refractivity contribution in [3.05, 3.63) is 47.5 Å². The molecule has 2 rings (SSSR count). The van der Waals surface area contributed by atoms with Crippen LogP contribution in [0.5, 0.6) is 0 Å². The summed E-state index contributed by atoms with van der Waals surface area (Å²) < 4.78 is 40.1. The van der Waals surface area contributed by atoms with Gasteiger partial charge in [-0.05, 0) is 25.1 Å². The lowest BCUT2D eigenvalue weighted by Gasteiger charge is -2.15. The molecule has 0 spiro atoms.